The first-order chi connectivity index (χ1) is 9.86. The third kappa shape index (κ3) is 4.32. The first-order valence-corrected chi connectivity index (χ1v) is 6.85. The standard InChI is InChI=1S/C15H11BrF3NO/c16-13-6-4-10(5-7-13)9-20-14(21)11-2-1-3-12(8-11)15(17,18)19/h1-8H,9H2,(H,20,21). The van der Waals surface area contributed by atoms with Gasteiger partial charge in [-0.2, -0.15) is 13.2 Å². The first kappa shape index (κ1) is 15.6. The van der Waals surface area contributed by atoms with Crippen LogP contribution in [0.3, 0.4) is 0 Å². The zero-order valence-corrected chi connectivity index (χ0v) is 12.3. The highest BCUT2D eigenvalue weighted by atomic mass is 79.9. The molecule has 0 aliphatic rings. The van der Waals surface area contributed by atoms with Gasteiger partial charge in [0.15, 0.2) is 0 Å². The lowest BCUT2D eigenvalue weighted by Crippen LogP contribution is -2.23. The largest absolute Gasteiger partial charge is 0.416 e. The number of carbonyl (C=O) groups excluding carboxylic acids is 1. The van der Waals surface area contributed by atoms with Gasteiger partial charge >= 0.3 is 6.18 Å². The molecule has 0 saturated heterocycles. The van der Waals surface area contributed by atoms with Crippen molar-refractivity contribution >= 4 is 21.8 Å². The number of carbonyl (C=O) groups is 1. The number of alkyl halides is 3. The number of hydrogen-bond donors (Lipinski definition) is 1. The highest BCUT2D eigenvalue weighted by molar-refractivity contribution is 9.10. The Balaban J connectivity index is 2.05. The lowest BCUT2D eigenvalue weighted by molar-refractivity contribution is -0.137. The van der Waals surface area contributed by atoms with Gasteiger partial charge in [-0.05, 0) is 35.9 Å². The van der Waals surface area contributed by atoms with Gasteiger partial charge in [0, 0.05) is 16.6 Å². The Bertz CT molecular complexity index is 638. The van der Waals surface area contributed by atoms with Crippen LogP contribution >= 0.6 is 15.9 Å². The fourth-order valence-corrected chi connectivity index (χ4v) is 1.99. The SMILES string of the molecule is O=C(NCc1ccc(Br)cc1)c1cccc(C(F)(F)F)c1. The Labute approximate surface area is 128 Å². The summed E-state index contributed by atoms with van der Waals surface area (Å²) in [7, 11) is 0. The Kier molecular flexibility index (Phi) is 4.67. The summed E-state index contributed by atoms with van der Waals surface area (Å²) < 4.78 is 38.7. The van der Waals surface area contributed by atoms with Gasteiger partial charge < -0.3 is 5.32 Å². The van der Waals surface area contributed by atoms with E-state index in [2.05, 4.69) is 21.2 Å². The van der Waals surface area contributed by atoms with Gasteiger partial charge in [0.1, 0.15) is 0 Å². The predicted molar refractivity (Wildman–Crippen MR) is 76.8 cm³/mol. The minimum atomic E-state index is -4.46. The normalized spacial score (nSPS) is 11.2. The Morgan fingerprint density at radius 3 is 2.38 bits per heavy atom. The van der Waals surface area contributed by atoms with Crippen molar-refractivity contribution in [3.8, 4) is 0 Å². The van der Waals surface area contributed by atoms with Crippen LogP contribution in [0.4, 0.5) is 13.2 Å². The summed E-state index contributed by atoms with van der Waals surface area (Å²) >= 11 is 3.29. The van der Waals surface area contributed by atoms with Gasteiger partial charge in [-0.1, -0.05) is 34.1 Å². The summed E-state index contributed by atoms with van der Waals surface area (Å²) in [5.74, 6) is -0.538. The Morgan fingerprint density at radius 1 is 1.10 bits per heavy atom. The fourth-order valence-electron chi connectivity index (χ4n) is 1.72. The van der Waals surface area contributed by atoms with E-state index >= 15 is 0 Å². The Hall–Kier alpha value is -1.82. The van der Waals surface area contributed by atoms with Crippen molar-refractivity contribution in [1.82, 2.24) is 5.32 Å². The molecule has 0 unspecified atom stereocenters. The maximum atomic E-state index is 12.6. The van der Waals surface area contributed by atoms with Crippen LogP contribution in [0.25, 0.3) is 0 Å². The number of amides is 1. The van der Waals surface area contributed by atoms with E-state index in [0.29, 0.717) is 0 Å². The van der Waals surface area contributed by atoms with E-state index < -0.39 is 17.6 Å². The molecule has 1 N–H and O–H groups in total. The summed E-state index contributed by atoms with van der Waals surface area (Å²) in [6, 6.07) is 11.6. The van der Waals surface area contributed by atoms with Crippen LogP contribution < -0.4 is 5.32 Å². The van der Waals surface area contributed by atoms with Gasteiger partial charge in [0.05, 0.1) is 5.56 Å². The molecule has 110 valence electrons. The van der Waals surface area contributed by atoms with E-state index in [4.69, 9.17) is 0 Å². The molecule has 0 saturated carbocycles. The molecule has 0 aliphatic heterocycles. The van der Waals surface area contributed by atoms with E-state index in [0.717, 1.165) is 22.2 Å². The highest BCUT2D eigenvalue weighted by Gasteiger charge is 2.30. The lowest BCUT2D eigenvalue weighted by atomic mass is 10.1. The summed E-state index contributed by atoms with van der Waals surface area (Å²) in [4.78, 5) is 11.9. The molecule has 0 heterocycles. The second-order valence-electron chi connectivity index (χ2n) is 4.39. The van der Waals surface area contributed by atoms with Crippen molar-refractivity contribution in [3.63, 3.8) is 0 Å². The molecule has 0 aliphatic carbocycles. The molecule has 21 heavy (non-hydrogen) atoms. The molecule has 2 rings (SSSR count). The van der Waals surface area contributed by atoms with Crippen LogP contribution in [0, 0.1) is 0 Å². The second kappa shape index (κ2) is 6.30. The van der Waals surface area contributed by atoms with Crippen LogP contribution in [-0.4, -0.2) is 5.91 Å². The van der Waals surface area contributed by atoms with Crippen LogP contribution in [-0.2, 0) is 12.7 Å². The topological polar surface area (TPSA) is 29.1 Å². The number of halogens is 4. The highest BCUT2D eigenvalue weighted by Crippen LogP contribution is 2.29. The van der Waals surface area contributed by atoms with Crippen molar-refractivity contribution in [2.24, 2.45) is 0 Å². The van der Waals surface area contributed by atoms with Crippen LogP contribution in [0.2, 0.25) is 0 Å². The molecule has 0 fully saturated rings. The summed E-state index contributed by atoms with van der Waals surface area (Å²) in [5, 5.41) is 2.59. The molecule has 2 aromatic rings. The summed E-state index contributed by atoms with van der Waals surface area (Å²) in [6.07, 6.45) is -4.46. The van der Waals surface area contributed by atoms with Gasteiger partial charge in [-0.3, -0.25) is 4.79 Å². The molecule has 1 amide bonds. The third-order valence-electron chi connectivity index (χ3n) is 2.82. The number of nitrogens with one attached hydrogen (secondary N) is 1. The molecule has 2 nitrogen and oxygen atoms in total. The quantitative estimate of drug-likeness (QED) is 0.866. The van der Waals surface area contributed by atoms with Crippen molar-refractivity contribution in [2.45, 2.75) is 12.7 Å². The fraction of sp³-hybridized carbons (Fsp3) is 0.133. The molecule has 0 radical (unpaired) electrons. The molecule has 0 spiro atoms. The van der Waals surface area contributed by atoms with E-state index in [1.54, 1.807) is 0 Å². The number of benzene rings is 2. The van der Waals surface area contributed by atoms with Crippen molar-refractivity contribution in [2.75, 3.05) is 0 Å². The minimum Gasteiger partial charge on any atom is -0.348 e. The molecular weight excluding hydrogens is 347 g/mol. The van der Waals surface area contributed by atoms with E-state index in [-0.39, 0.29) is 12.1 Å². The van der Waals surface area contributed by atoms with E-state index in [1.165, 1.54) is 12.1 Å². The van der Waals surface area contributed by atoms with Gasteiger partial charge in [0.2, 0.25) is 0 Å². The predicted octanol–water partition coefficient (Wildman–Crippen LogP) is 4.40. The Morgan fingerprint density at radius 2 is 1.76 bits per heavy atom. The molecule has 0 bridgehead atoms. The molecule has 0 aromatic heterocycles. The van der Waals surface area contributed by atoms with Gasteiger partial charge in [-0.25, -0.2) is 0 Å². The minimum absolute atomic E-state index is 0.0121. The van der Waals surface area contributed by atoms with Crippen LogP contribution in [0.1, 0.15) is 21.5 Å². The number of rotatable bonds is 3. The van der Waals surface area contributed by atoms with Crippen molar-refractivity contribution in [3.05, 3.63) is 69.7 Å². The van der Waals surface area contributed by atoms with E-state index in [9.17, 15) is 18.0 Å². The molecule has 6 heteroatoms. The van der Waals surface area contributed by atoms with E-state index in [1.807, 2.05) is 24.3 Å². The zero-order valence-electron chi connectivity index (χ0n) is 10.7. The average molecular weight is 358 g/mol. The van der Waals surface area contributed by atoms with Crippen molar-refractivity contribution in [1.29, 1.82) is 0 Å². The molecule has 2 aromatic carbocycles. The maximum absolute atomic E-state index is 12.6. The summed E-state index contributed by atoms with van der Waals surface area (Å²) in [5.41, 5.74) is 0.0132. The third-order valence-corrected chi connectivity index (χ3v) is 3.35. The average Bonchev–Trinajstić information content (AvgIpc) is 2.45. The smallest absolute Gasteiger partial charge is 0.348 e. The van der Waals surface area contributed by atoms with Crippen LogP contribution in [0.5, 0.6) is 0 Å². The maximum Gasteiger partial charge on any atom is 0.416 e. The first-order valence-electron chi connectivity index (χ1n) is 6.06. The second-order valence-corrected chi connectivity index (χ2v) is 5.30. The number of hydrogen-bond acceptors (Lipinski definition) is 1. The van der Waals surface area contributed by atoms with Gasteiger partial charge in [-0.15, -0.1) is 0 Å². The summed E-state index contributed by atoms with van der Waals surface area (Å²) in [6.45, 7) is 0.252. The monoisotopic (exact) mass is 357 g/mol. The van der Waals surface area contributed by atoms with Crippen LogP contribution in [0.15, 0.2) is 53.0 Å². The molecular formula is C15H11BrF3NO. The lowest BCUT2D eigenvalue weighted by Gasteiger charge is -2.09. The zero-order chi connectivity index (χ0) is 15.5. The van der Waals surface area contributed by atoms with Crippen molar-refractivity contribution < 1.29 is 18.0 Å². The van der Waals surface area contributed by atoms with Gasteiger partial charge in [0.25, 0.3) is 5.91 Å². The molecule has 0 atom stereocenters.